The average Bonchev–Trinajstić information content (AvgIpc) is 2.62. The lowest BCUT2D eigenvalue weighted by Crippen LogP contribution is -2.24. The molecule has 0 radical (unpaired) electrons. The van der Waals surface area contributed by atoms with Gasteiger partial charge in [-0.1, -0.05) is 42.3 Å². The van der Waals surface area contributed by atoms with Crippen molar-refractivity contribution in [1.29, 1.82) is 0 Å². The van der Waals surface area contributed by atoms with Gasteiger partial charge in [0.15, 0.2) is 5.43 Å². The predicted molar refractivity (Wildman–Crippen MR) is 115 cm³/mol. The Labute approximate surface area is 174 Å². The number of fused-ring (bicyclic) bond motifs is 1. The van der Waals surface area contributed by atoms with Crippen molar-refractivity contribution in [2.24, 2.45) is 5.92 Å². The average molecular weight is 414 g/mol. The number of halogens is 2. The zero-order chi connectivity index (χ0) is 19.8. The minimum Gasteiger partial charge on any atom is -0.457 e. The van der Waals surface area contributed by atoms with Crippen LogP contribution in [-0.2, 0) is 12.8 Å². The molecule has 0 bridgehead atoms. The Bertz CT molecular complexity index is 1070. The zero-order valence-corrected chi connectivity index (χ0v) is 17.3. The van der Waals surface area contributed by atoms with Crippen LogP contribution < -0.4 is 10.2 Å². The molecule has 1 N–H and O–H groups in total. The smallest absolute Gasteiger partial charge is 0.193 e. The largest absolute Gasteiger partial charge is 0.457 e. The Balaban J connectivity index is 1.65. The molecule has 5 heteroatoms. The van der Waals surface area contributed by atoms with E-state index in [1.54, 1.807) is 18.2 Å². The molecule has 1 heterocycles. The standard InChI is InChI=1S/C23H21Cl2NO2/c1-13-3-8-20-21(9-13)26-14(2)22(23(20)27)15-4-6-18(7-5-15)28-19-11-16(24)10-17(25)12-19/h4-7,10-13H,3,8-9H2,1-2H3,(H,26,27). The molecule has 2 aromatic carbocycles. The number of pyridine rings is 1. The summed E-state index contributed by atoms with van der Waals surface area (Å²) in [4.78, 5) is 16.6. The first kappa shape index (κ1) is 19.1. The van der Waals surface area contributed by atoms with Crippen LogP contribution in [0.25, 0.3) is 11.1 Å². The number of ether oxygens (including phenoxy) is 1. The first-order valence-corrected chi connectivity index (χ1v) is 10.2. The van der Waals surface area contributed by atoms with E-state index in [0.29, 0.717) is 27.5 Å². The fourth-order valence-electron chi connectivity index (χ4n) is 3.86. The monoisotopic (exact) mass is 413 g/mol. The molecule has 1 unspecified atom stereocenters. The van der Waals surface area contributed by atoms with Crippen LogP contribution in [-0.4, -0.2) is 4.98 Å². The fourth-order valence-corrected chi connectivity index (χ4v) is 4.37. The number of benzene rings is 2. The van der Waals surface area contributed by atoms with Gasteiger partial charge >= 0.3 is 0 Å². The van der Waals surface area contributed by atoms with Gasteiger partial charge in [-0.3, -0.25) is 4.79 Å². The quantitative estimate of drug-likeness (QED) is 0.526. The van der Waals surface area contributed by atoms with Crippen molar-refractivity contribution in [3.05, 3.63) is 79.7 Å². The highest BCUT2D eigenvalue weighted by molar-refractivity contribution is 6.34. The summed E-state index contributed by atoms with van der Waals surface area (Å²) in [6, 6.07) is 12.6. The van der Waals surface area contributed by atoms with E-state index >= 15 is 0 Å². The van der Waals surface area contributed by atoms with Gasteiger partial charge in [-0.25, -0.2) is 0 Å². The van der Waals surface area contributed by atoms with E-state index in [1.165, 1.54) is 0 Å². The van der Waals surface area contributed by atoms with Gasteiger partial charge < -0.3 is 9.72 Å². The van der Waals surface area contributed by atoms with Crippen molar-refractivity contribution in [1.82, 2.24) is 4.98 Å². The van der Waals surface area contributed by atoms with Crippen LogP contribution in [0.5, 0.6) is 11.5 Å². The lowest BCUT2D eigenvalue weighted by molar-refractivity contribution is 0.483. The van der Waals surface area contributed by atoms with Gasteiger partial charge in [0.25, 0.3) is 0 Å². The molecule has 1 aliphatic rings. The van der Waals surface area contributed by atoms with Crippen LogP contribution in [0.1, 0.15) is 30.3 Å². The third-order valence-corrected chi connectivity index (χ3v) is 5.67. The molecular weight excluding hydrogens is 393 g/mol. The highest BCUT2D eigenvalue weighted by atomic mass is 35.5. The zero-order valence-electron chi connectivity index (χ0n) is 15.8. The van der Waals surface area contributed by atoms with Crippen LogP contribution in [0.15, 0.2) is 47.3 Å². The van der Waals surface area contributed by atoms with Crippen LogP contribution >= 0.6 is 23.2 Å². The molecule has 0 amide bonds. The Morgan fingerprint density at radius 3 is 2.39 bits per heavy atom. The maximum atomic E-state index is 13.1. The van der Waals surface area contributed by atoms with Gasteiger partial charge in [0, 0.05) is 32.6 Å². The number of H-pyrrole nitrogens is 1. The normalized spacial score (nSPS) is 15.9. The first-order valence-electron chi connectivity index (χ1n) is 9.39. The van der Waals surface area contributed by atoms with E-state index in [1.807, 2.05) is 31.2 Å². The summed E-state index contributed by atoms with van der Waals surface area (Å²) in [5, 5.41) is 1.04. The molecular formula is C23H21Cl2NO2. The number of hydrogen-bond acceptors (Lipinski definition) is 2. The fraction of sp³-hybridized carbons (Fsp3) is 0.261. The maximum Gasteiger partial charge on any atom is 0.193 e. The molecule has 3 aromatic rings. The van der Waals surface area contributed by atoms with Crippen molar-refractivity contribution < 1.29 is 4.74 Å². The van der Waals surface area contributed by atoms with Gasteiger partial charge in [0.05, 0.1) is 0 Å². The van der Waals surface area contributed by atoms with Crippen LogP contribution in [0.2, 0.25) is 10.0 Å². The molecule has 144 valence electrons. The number of nitrogens with one attached hydrogen (secondary N) is 1. The summed E-state index contributed by atoms with van der Waals surface area (Å²) in [5.74, 6) is 1.84. The summed E-state index contributed by atoms with van der Waals surface area (Å²) in [5.41, 5.74) is 4.72. The van der Waals surface area contributed by atoms with Crippen molar-refractivity contribution in [2.75, 3.05) is 0 Å². The summed E-state index contributed by atoms with van der Waals surface area (Å²) < 4.78 is 5.84. The molecule has 28 heavy (non-hydrogen) atoms. The molecule has 0 aliphatic heterocycles. The van der Waals surface area contributed by atoms with E-state index in [9.17, 15) is 4.79 Å². The number of aromatic amines is 1. The minimum absolute atomic E-state index is 0.147. The van der Waals surface area contributed by atoms with Gasteiger partial charge in [-0.05, 0) is 68.0 Å². The van der Waals surface area contributed by atoms with E-state index in [-0.39, 0.29) is 5.43 Å². The lowest BCUT2D eigenvalue weighted by Gasteiger charge is -2.22. The van der Waals surface area contributed by atoms with Gasteiger partial charge in [-0.15, -0.1) is 0 Å². The van der Waals surface area contributed by atoms with E-state index in [2.05, 4.69) is 11.9 Å². The Morgan fingerprint density at radius 1 is 1.04 bits per heavy atom. The second-order valence-electron chi connectivity index (χ2n) is 7.49. The van der Waals surface area contributed by atoms with E-state index in [4.69, 9.17) is 27.9 Å². The Hall–Kier alpha value is -2.23. The molecule has 0 saturated carbocycles. The first-order chi connectivity index (χ1) is 13.4. The van der Waals surface area contributed by atoms with Gasteiger partial charge in [-0.2, -0.15) is 0 Å². The molecule has 1 atom stereocenters. The molecule has 0 spiro atoms. The third-order valence-electron chi connectivity index (χ3n) is 5.23. The summed E-state index contributed by atoms with van der Waals surface area (Å²) in [7, 11) is 0. The van der Waals surface area contributed by atoms with E-state index in [0.717, 1.165) is 47.3 Å². The highest BCUT2D eigenvalue weighted by Crippen LogP contribution is 2.31. The second-order valence-corrected chi connectivity index (χ2v) is 8.36. The van der Waals surface area contributed by atoms with Crippen molar-refractivity contribution in [2.45, 2.75) is 33.1 Å². The van der Waals surface area contributed by atoms with Gasteiger partial charge in [0.2, 0.25) is 0 Å². The number of aromatic nitrogens is 1. The second kappa shape index (κ2) is 7.65. The summed E-state index contributed by atoms with van der Waals surface area (Å²) in [6.07, 6.45) is 2.85. The number of rotatable bonds is 3. The SMILES string of the molecule is Cc1[nH]c2c(c(=O)c1-c1ccc(Oc3cc(Cl)cc(Cl)c3)cc1)CCC(C)C2. The van der Waals surface area contributed by atoms with Crippen LogP contribution in [0, 0.1) is 12.8 Å². The summed E-state index contributed by atoms with van der Waals surface area (Å²) in [6.45, 7) is 4.20. The predicted octanol–water partition coefficient (Wildman–Crippen LogP) is 6.57. The number of aryl methyl sites for hydroxylation is 1. The van der Waals surface area contributed by atoms with Gasteiger partial charge in [0.1, 0.15) is 11.5 Å². The molecule has 0 saturated heterocycles. The maximum absolute atomic E-state index is 13.1. The molecule has 1 aromatic heterocycles. The Morgan fingerprint density at radius 2 is 1.71 bits per heavy atom. The van der Waals surface area contributed by atoms with Crippen LogP contribution in [0.4, 0.5) is 0 Å². The topological polar surface area (TPSA) is 42.1 Å². The minimum atomic E-state index is 0.147. The molecule has 0 fully saturated rings. The number of hydrogen-bond donors (Lipinski definition) is 1. The Kier molecular flexibility index (Phi) is 5.22. The highest BCUT2D eigenvalue weighted by Gasteiger charge is 2.21. The molecule has 1 aliphatic carbocycles. The molecule has 4 rings (SSSR count). The van der Waals surface area contributed by atoms with E-state index < -0.39 is 0 Å². The van der Waals surface area contributed by atoms with Crippen molar-refractivity contribution in [3.8, 4) is 22.6 Å². The lowest BCUT2D eigenvalue weighted by atomic mass is 9.86. The third kappa shape index (κ3) is 3.82. The van der Waals surface area contributed by atoms with Crippen LogP contribution in [0.3, 0.4) is 0 Å². The van der Waals surface area contributed by atoms with Crippen molar-refractivity contribution >= 4 is 23.2 Å². The summed E-state index contributed by atoms with van der Waals surface area (Å²) >= 11 is 12.0. The molecule has 3 nitrogen and oxygen atoms in total. The van der Waals surface area contributed by atoms with Crippen molar-refractivity contribution in [3.63, 3.8) is 0 Å².